The monoisotopic (exact) mass is 762 g/mol. The minimum Gasteiger partial charge on any atom is -0.405 e. The molecule has 4 aromatic rings. The molecule has 13 nitrogen and oxygen atoms in total. The number of carbonyl (C=O) groups excluding carboxylic acids is 3. The molecule has 3 heterocycles. The smallest absolute Gasteiger partial charge is 0.291 e. The fraction of sp³-hybridized carbons (Fsp3) is 0.368. The minimum atomic E-state index is -1.14. The number of H-pyrrole nitrogens is 1. The van der Waals surface area contributed by atoms with Crippen LogP contribution >= 0.6 is 11.6 Å². The van der Waals surface area contributed by atoms with Crippen molar-refractivity contribution in [1.82, 2.24) is 34.4 Å². The summed E-state index contributed by atoms with van der Waals surface area (Å²) in [5.41, 5.74) is 6.75. The van der Waals surface area contributed by atoms with Gasteiger partial charge in [0.2, 0.25) is 0 Å². The van der Waals surface area contributed by atoms with E-state index < -0.39 is 23.0 Å². The van der Waals surface area contributed by atoms with Gasteiger partial charge in [-0.15, -0.1) is 0 Å². The second-order valence-corrected chi connectivity index (χ2v) is 14.0. The molecule has 1 atom stereocenters. The van der Waals surface area contributed by atoms with Crippen LogP contribution in [0.4, 0.5) is 14.5 Å². The highest BCUT2D eigenvalue weighted by atomic mass is 35.5. The van der Waals surface area contributed by atoms with Gasteiger partial charge < -0.3 is 30.2 Å². The normalized spacial score (nSPS) is 15.2. The van der Waals surface area contributed by atoms with Gasteiger partial charge in [-0.1, -0.05) is 24.6 Å². The molecule has 1 aliphatic rings. The number of anilines is 1. The van der Waals surface area contributed by atoms with Crippen molar-refractivity contribution in [3.05, 3.63) is 88.7 Å². The maximum absolute atomic E-state index is 15.6. The first-order valence-electron chi connectivity index (χ1n) is 17.5. The van der Waals surface area contributed by atoms with E-state index in [1.54, 1.807) is 17.0 Å². The van der Waals surface area contributed by atoms with Gasteiger partial charge in [-0.2, -0.15) is 5.10 Å². The summed E-state index contributed by atoms with van der Waals surface area (Å²) in [5.74, 6) is -3.18. The number of nitrogens with zero attached hydrogens (tertiary/aromatic N) is 7. The lowest BCUT2D eigenvalue weighted by atomic mass is 9.82. The molecule has 0 aliphatic carbocycles. The number of nitrogens with two attached hydrogens (primary N) is 1. The quantitative estimate of drug-likeness (QED) is 0.122. The van der Waals surface area contributed by atoms with Crippen LogP contribution in [0.25, 0.3) is 22.4 Å². The van der Waals surface area contributed by atoms with Crippen molar-refractivity contribution in [2.24, 2.45) is 23.2 Å². The van der Waals surface area contributed by atoms with Crippen LogP contribution in [-0.2, 0) is 11.8 Å². The highest BCUT2D eigenvalue weighted by molar-refractivity contribution is 6.34. The van der Waals surface area contributed by atoms with Gasteiger partial charge in [0.05, 0.1) is 40.1 Å². The molecule has 1 aliphatic heterocycles. The second-order valence-electron chi connectivity index (χ2n) is 13.5. The molecule has 2 aromatic carbocycles. The van der Waals surface area contributed by atoms with Crippen LogP contribution in [0.2, 0.25) is 5.02 Å². The van der Waals surface area contributed by atoms with Crippen molar-refractivity contribution in [2.75, 3.05) is 65.7 Å². The lowest BCUT2D eigenvalue weighted by Crippen LogP contribution is -2.52. The number of aldehydes is 1. The maximum Gasteiger partial charge on any atom is 0.291 e. The number of piperazine rings is 1. The molecule has 1 unspecified atom stereocenters. The highest BCUT2D eigenvalue weighted by Crippen LogP contribution is 2.33. The number of amides is 2. The zero-order valence-electron chi connectivity index (χ0n) is 31.0. The van der Waals surface area contributed by atoms with Crippen LogP contribution in [0, 0.1) is 17.0 Å². The van der Waals surface area contributed by atoms with Crippen LogP contribution in [0.3, 0.4) is 0 Å². The number of carbonyl (C=O) groups is 3. The summed E-state index contributed by atoms with van der Waals surface area (Å²) in [6.07, 6.45) is 8.03. The summed E-state index contributed by atoms with van der Waals surface area (Å²) in [5, 5.41) is 9.59. The molecular weight excluding hydrogens is 718 g/mol. The molecule has 4 N–H and O–H groups in total. The SMILES string of the molecule is CCC(C=O)(CCN(C)C)CN1CCN(C(=O)c2ccc(NC(=O)c3ncc(-c4ccc(-c5cn[nH]c5C(C=CN)=NC)c(F)c4F)n3C)cc2Cl)CC1. The lowest BCUT2D eigenvalue weighted by molar-refractivity contribution is -0.118. The predicted molar refractivity (Wildman–Crippen MR) is 206 cm³/mol. The Morgan fingerprint density at radius 2 is 1.80 bits per heavy atom. The van der Waals surface area contributed by atoms with Gasteiger partial charge in [0.25, 0.3) is 11.8 Å². The predicted octanol–water partition coefficient (Wildman–Crippen LogP) is 4.86. The van der Waals surface area contributed by atoms with Crippen LogP contribution in [0.1, 0.15) is 46.4 Å². The molecule has 0 spiro atoms. The highest BCUT2D eigenvalue weighted by Gasteiger charge is 2.33. The third kappa shape index (κ3) is 8.43. The molecule has 1 saturated heterocycles. The van der Waals surface area contributed by atoms with Gasteiger partial charge >= 0.3 is 0 Å². The largest absolute Gasteiger partial charge is 0.405 e. The molecule has 1 fully saturated rings. The van der Waals surface area contributed by atoms with E-state index in [9.17, 15) is 14.4 Å². The number of rotatable bonds is 14. The molecule has 5 rings (SSSR count). The van der Waals surface area contributed by atoms with Crippen LogP contribution in [0.15, 0.2) is 60.0 Å². The number of hydrogen-bond acceptors (Lipinski definition) is 9. The number of allylic oxidation sites excluding steroid dienone is 1. The number of hydrogen-bond donors (Lipinski definition) is 3. The first kappa shape index (κ1) is 39.9. The molecular formula is C38H45ClF2N10O3. The van der Waals surface area contributed by atoms with Gasteiger partial charge in [0.1, 0.15) is 6.29 Å². The Kier molecular flexibility index (Phi) is 12.8. The van der Waals surface area contributed by atoms with E-state index >= 15 is 8.78 Å². The topological polar surface area (TPSA) is 158 Å². The Hall–Kier alpha value is -5.25. The molecule has 0 bridgehead atoms. The van der Waals surface area contributed by atoms with Crippen LogP contribution in [0.5, 0.6) is 0 Å². The Morgan fingerprint density at radius 1 is 1.09 bits per heavy atom. The number of aromatic nitrogens is 4. The minimum absolute atomic E-state index is 0.0449. The van der Waals surface area contributed by atoms with Crippen molar-refractivity contribution in [1.29, 1.82) is 0 Å². The van der Waals surface area contributed by atoms with E-state index in [1.807, 2.05) is 21.0 Å². The molecule has 54 heavy (non-hydrogen) atoms. The molecule has 16 heteroatoms. The van der Waals surface area contributed by atoms with Crippen LogP contribution in [-0.4, -0.2) is 119 Å². The van der Waals surface area contributed by atoms with E-state index in [-0.39, 0.29) is 39.1 Å². The van der Waals surface area contributed by atoms with E-state index in [0.717, 1.165) is 25.7 Å². The first-order valence-corrected chi connectivity index (χ1v) is 17.9. The summed E-state index contributed by atoms with van der Waals surface area (Å²) < 4.78 is 32.5. The van der Waals surface area contributed by atoms with Gasteiger partial charge in [0.15, 0.2) is 17.5 Å². The number of aliphatic imine (C=N–C) groups is 1. The van der Waals surface area contributed by atoms with Crippen molar-refractivity contribution >= 4 is 41.1 Å². The van der Waals surface area contributed by atoms with Crippen molar-refractivity contribution < 1.29 is 23.2 Å². The molecule has 2 aromatic heterocycles. The average molecular weight is 763 g/mol. The van der Waals surface area contributed by atoms with E-state index in [2.05, 4.69) is 35.3 Å². The Bertz CT molecular complexity index is 2070. The van der Waals surface area contributed by atoms with E-state index in [1.165, 1.54) is 61.5 Å². The third-order valence-electron chi connectivity index (χ3n) is 9.90. The fourth-order valence-electron chi connectivity index (χ4n) is 6.54. The number of halogens is 3. The number of aromatic amines is 1. The molecule has 0 radical (unpaired) electrons. The van der Waals surface area contributed by atoms with Crippen LogP contribution < -0.4 is 11.1 Å². The van der Waals surface area contributed by atoms with Gasteiger partial charge in [-0.05, 0) is 70.0 Å². The van der Waals surface area contributed by atoms with E-state index in [4.69, 9.17) is 17.3 Å². The maximum atomic E-state index is 15.6. The molecule has 286 valence electrons. The van der Waals surface area contributed by atoms with Gasteiger partial charge in [-0.25, -0.2) is 13.8 Å². The summed E-state index contributed by atoms with van der Waals surface area (Å²) in [4.78, 5) is 53.2. The average Bonchev–Trinajstić information content (AvgIpc) is 3.80. The summed E-state index contributed by atoms with van der Waals surface area (Å²) in [6, 6.07) is 7.41. The molecule has 0 saturated carbocycles. The Balaban J connectivity index is 1.25. The summed E-state index contributed by atoms with van der Waals surface area (Å²) >= 11 is 6.56. The molecule has 2 amide bonds. The van der Waals surface area contributed by atoms with Crippen molar-refractivity contribution in [2.45, 2.75) is 19.8 Å². The number of nitrogens with one attached hydrogen (secondary N) is 2. The second kappa shape index (κ2) is 17.3. The Labute approximate surface area is 317 Å². The standard InChI is InChI=1S/C38H45ClF2N10O3/c1-6-38(23-52,12-14-48(3)4)22-50-15-17-51(18-16-50)37(54)26-8-7-24(19-29(26)39)46-36(53)35-44-21-31(49(35)5)27-10-9-25(32(40)33(27)41)28-20-45-47-34(28)30(43-2)11-13-42/h7-11,13,19-21,23H,6,12,14-18,22,42H2,1-5H3,(H,45,47)(H,46,53). The fourth-order valence-corrected chi connectivity index (χ4v) is 6.81. The zero-order chi connectivity index (χ0) is 39.2. The summed E-state index contributed by atoms with van der Waals surface area (Å²) in [6.45, 7) is 5.74. The number of imidazole rings is 1. The Morgan fingerprint density at radius 3 is 2.43 bits per heavy atom. The zero-order valence-corrected chi connectivity index (χ0v) is 31.8. The number of benzene rings is 2. The lowest BCUT2D eigenvalue weighted by Gasteiger charge is -2.39. The summed E-state index contributed by atoms with van der Waals surface area (Å²) in [7, 11) is 7.03. The van der Waals surface area contributed by atoms with Crippen molar-refractivity contribution in [3.8, 4) is 22.4 Å². The van der Waals surface area contributed by atoms with E-state index in [0.29, 0.717) is 55.4 Å². The third-order valence-corrected chi connectivity index (χ3v) is 10.2. The first-order chi connectivity index (χ1) is 25.9. The van der Waals surface area contributed by atoms with Gasteiger partial charge in [0, 0.05) is 74.6 Å². The van der Waals surface area contributed by atoms with Crippen molar-refractivity contribution in [3.63, 3.8) is 0 Å². The van der Waals surface area contributed by atoms with Gasteiger partial charge in [-0.3, -0.25) is 24.6 Å².